The van der Waals surface area contributed by atoms with E-state index in [-0.39, 0.29) is 17.8 Å². The fourth-order valence-electron chi connectivity index (χ4n) is 2.93. The molecule has 0 radical (unpaired) electrons. The monoisotopic (exact) mass is 291 g/mol. The minimum Gasteiger partial charge on any atom is -0.481 e. The number of benzene rings is 1. The predicted molar refractivity (Wildman–Crippen MR) is 76.4 cm³/mol. The molecule has 2 aromatic rings. The maximum absolute atomic E-state index is 13.2. The highest BCUT2D eigenvalue weighted by atomic mass is 19.1. The molecule has 3 rings (SSSR count). The van der Waals surface area contributed by atoms with Crippen molar-refractivity contribution in [1.82, 2.24) is 14.9 Å². The first-order valence-electron chi connectivity index (χ1n) is 7.16. The Bertz CT molecular complexity index is 670. The van der Waals surface area contributed by atoms with E-state index in [1.165, 1.54) is 12.1 Å². The van der Waals surface area contributed by atoms with Gasteiger partial charge in [-0.05, 0) is 44.5 Å². The average molecular weight is 291 g/mol. The van der Waals surface area contributed by atoms with Crippen LogP contribution in [0.1, 0.15) is 31.6 Å². The molecule has 21 heavy (non-hydrogen) atoms. The van der Waals surface area contributed by atoms with E-state index in [1.807, 2.05) is 6.92 Å². The average Bonchev–Trinajstić information content (AvgIpc) is 2.89. The van der Waals surface area contributed by atoms with Crippen LogP contribution >= 0.6 is 0 Å². The van der Waals surface area contributed by atoms with Gasteiger partial charge in [-0.15, -0.1) is 0 Å². The Morgan fingerprint density at radius 2 is 2.38 bits per heavy atom. The number of hydrogen-bond donors (Lipinski definition) is 2. The van der Waals surface area contributed by atoms with Crippen molar-refractivity contribution < 1.29 is 14.3 Å². The van der Waals surface area contributed by atoms with Crippen LogP contribution in [0.25, 0.3) is 11.0 Å². The number of nitrogens with one attached hydrogen (secondary N) is 1. The SMILES string of the molecule is CC(c1nc2ccc(F)cc2[nH]1)N1CCCC(C(=O)O)C1. The van der Waals surface area contributed by atoms with Crippen molar-refractivity contribution in [2.75, 3.05) is 13.1 Å². The van der Waals surface area contributed by atoms with Crippen LogP contribution < -0.4 is 0 Å². The molecular weight excluding hydrogens is 273 g/mol. The number of fused-ring (bicyclic) bond motifs is 1. The van der Waals surface area contributed by atoms with E-state index in [1.54, 1.807) is 6.07 Å². The van der Waals surface area contributed by atoms with Gasteiger partial charge in [0.25, 0.3) is 0 Å². The molecule has 1 aromatic carbocycles. The quantitative estimate of drug-likeness (QED) is 0.912. The zero-order valence-electron chi connectivity index (χ0n) is 11.8. The Balaban J connectivity index is 1.82. The van der Waals surface area contributed by atoms with Gasteiger partial charge in [0.2, 0.25) is 0 Å². The van der Waals surface area contributed by atoms with Crippen molar-refractivity contribution in [3.8, 4) is 0 Å². The molecule has 0 saturated carbocycles. The van der Waals surface area contributed by atoms with Crippen LogP contribution in [0.3, 0.4) is 0 Å². The summed E-state index contributed by atoms with van der Waals surface area (Å²) in [5.41, 5.74) is 1.40. The Morgan fingerprint density at radius 1 is 1.57 bits per heavy atom. The van der Waals surface area contributed by atoms with Gasteiger partial charge in [0.15, 0.2) is 0 Å². The molecule has 1 fully saturated rings. The molecule has 2 heterocycles. The third kappa shape index (κ3) is 2.76. The molecule has 112 valence electrons. The molecule has 1 aromatic heterocycles. The van der Waals surface area contributed by atoms with Gasteiger partial charge in [0.05, 0.1) is 23.0 Å². The van der Waals surface area contributed by atoms with E-state index in [9.17, 15) is 9.18 Å². The number of imidazole rings is 1. The van der Waals surface area contributed by atoms with E-state index < -0.39 is 5.97 Å². The fraction of sp³-hybridized carbons (Fsp3) is 0.467. The second-order valence-corrected chi connectivity index (χ2v) is 5.63. The lowest BCUT2D eigenvalue weighted by Crippen LogP contribution is -2.40. The molecule has 5 nitrogen and oxygen atoms in total. The number of hydrogen-bond acceptors (Lipinski definition) is 3. The summed E-state index contributed by atoms with van der Waals surface area (Å²) < 4.78 is 13.2. The van der Waals surface area contributed by atoms with Crippen LogP contribution in [0, 0.1) is 11.7 Å². The van der Waals surface area contributed by atoms with Crippen LogP contribution in [-0.2, 0) is 4.79 Å². The van der Waals surface area contributed by atoms with Crippen LogP contribution in [0.5, 0.6) is 0 Å². The largest absolute Gasteiger partial charge is 0.481 e. The van der Waals surface area contributed by atoms with Crippen LogP contribution in [0.2, 0.25) is 0 Å². The fourth-order valence-corrected chi connectivity index (χ4v) is 2.93. The number of carboxylic acid groups (broad SMARTS) is 1. The minimum absolute atomic E-state index is 0.0115. The molecule has 6 heteroatoms. The third-order valence-electron chi connectivity index (χ3n) is 4.21. The van der Waals surface area contributed by atoms with Crippen LogP contribution in [-0.4, -0.2) is 39.0 Å². The lowest BCUT2D eigenvalue weighted by atomic mass is 9.97. The van der Waals surface area contributed by atoms with Gasteiger partial charge in [-0.3, -0.25) is 9.69 Å². The van der Waals surface area contributed by atoms with Gasteiger partial charge < -0.3 is 10.1 Å². The molecule has 2 N–H and O–H groups in total. The number of nitrogens with zero attached hydrogens (tertiary/aromatic N) is 2. The second-order valence-electron chi connectivity index (χ2n) is 5.63. The highest BCUT2D eigenvalue weighted by Crippen LogP contribution is 2.26. The lowest BCUT2D eigenvalue weighted by molar-refractivity contribution is -0.143. The topological polar surface area (TPSA) is 69.2 Å². The summed E-state index contributed by atoms with van der Waals surface area (Å²) in [5, 5.41) is 9.16. The Kier molecular flexibility index (Phi) is 3.63. The predicted octanol–water partition coefficient (Wildman–Crippen LogP) is 2.56. The highest BCUT2D eigenvalue weighted by Gasteiger charge is 2.29. The van der Waals surface area contributed by atoms with E-state index >= 15 is 0 Å². The van der Waals surface area contributed by atoms with E-state index in [4.69, 9.17) is 5.11 Å². The molecule has 1 aliphatic heterocycles. The number of aromatic amines is 1. The Morgan fingerprint density at radius 3 is 3.14 bits per heavy atom. The molecule has 2 unspecified atom stereocenters. The minimum atomic E-state index is -0.737. The first kappa shape index (κ1) is 14.0. The molecule has 0 aliphatic carbocycles. The van der Waals surface area contributed by atoms with Gasteiger partial charge in [0.1, 0.15) is 11.6 Å². The number of H-pyrrole nitrogens is 1. The van der Waals surface area contributed by atoms with Crippen molar-refractivity contribution in [2.24, 2.45) is 5.92 Å². The van der Waals surface area contributed by atoms with Crippen molar-refractivity contribution in [1.29, 1.82) is 0 Å². The summed E-state index contributed by atoms with van der Waals surface area (Å²) in [6.07, 6.45) is 1.60. The zero-order valence-corrected chi connectivity index (χ0v) is 11.8. The zero-order chi connectivity index (χ0) is 15.0. The maximum atomic E-state index is 13.2. The van der Waals surface area contributed by atoms with Crippen LogP contribution in [0.15, 0.2) is 18.2 Å². The number of carbonyl (C=O) groups is 1. The number of rotatable bonds is 3. The number of aromatic nitrogens is 2. The molecular formula is C15H18FN3O2. The van der Waals surface area contributed by atoms with E-state index in [2.05, 4.69) is 14.9 Å². The smallest absolute Gasteiger partial charge is 0.307 e. The van der Waals surface area contributed by atoms with Crippen LogP contribution in [0.4, 0.5) is 4.39 Å². The van der Waals surface area contributed by atoms with Crippen molar-refractivity contribution >= 4 is 17.0 Å². The maximum Gasteiger partial charge on any atom is 0.307 e. The summed E-state index contributed by atoms with van der Waals surface area (Å²) in [5.74, 6) is -0.600. The van der Waals surface area contributed by atoms with E-state index in [0.29, 0.717) is 12.1 Å². The van der Waals surface area contributed by atoms with Gasteiger partial charge in [0, 0.05) is 6.54 Å². The van der Waals surface area contributed by atoms with Crippen molar-refractivity contribution in [2.45, 2.75) is 25.8 Å². The summed E-state index contributed by atoms with van der Waals surface area (Å²) in [7, 11) is 0. The third-order valence-corrected chi connectivity index (χ3v) is 4.21. The second kappa shape index (κ2) is 5.44. The summed E-state index contributed by atoms with van der Waals surface area (Å²) in [4.78, 5) is 20.9. The lowest BCUT2D eigenvalue weighted by Gasteiger charge is -2.34. The highest BCUT2D eigenvalue weighted by molar-refractivity contribution is 5.75. The Labute approximate surface area is 121 Å². The summed E-state index contributed by atoms with van der Waals surface area (Å²) in [6, 6.07) is 4.45. The number of halogens is 1. The first-order chi connectivity index (χ1) is 10.0. The van der Waals surface area contributed by atoms with Crippen molar-refractivity contribution in [3.63, 3.8) is 0 Å². The molecule has 0 spiro atoms. The number of piperidine rings is 1. The molecule has 1 saturated heterocycles. The number of carboxylic acids is 1. The summed E-state index contributed by atoms with van der Waals surface area (Å²) in [6.45, 7) is 3.39. The van der Waals surface area contributed by atoms with Gasteiger partial charge in [-0.2, -0.15) is 0 Å². The van der Waals surface area contributed by atoms with E-state index in [0.717, 1.165) is 30.7 Å². The molecule has 1 aliphatic rings. The van der Waals surface area contributed by atoms with Gasteiger partial charge in [-0.25, -0.2) is 9.37 Å². The first-order valence-corrected chi connectivity index (χ1v) is 7.16. The molecule has 0 bridgehead atoms. The number of aliphatic carboxylic acids is 1. The summed E-state index contributed by atoms with van der Waals surface area (Å²) >= 11 is 0. The van der Waals surface area contributed by atoms with Crippen molar-refractivity contribution in [3.05, 3.63) is 29.8 Å². The Hall–Kier alpha value is -1.95. The standard InChI is InChI=1S/C15H18FN3O2/c1-9(19-6-2-3-10(8-19)15(20)21)14-17-12-5-4-11(16)7-13(12)18-14/h4-5,7,9-10H,2-3,6,8H2,1H3,(H,17,18)(H,20,21). The molecule has 2 atom stereocenters. The van der Waals surface area contributed by atoms with Gasteiger partial charge >= 0.3 is 5.97 Å². The number of likely N-dealkylation sites (tertiary alicyclic amines) is 1. The normalized spacial score (nSPS) is 21.5. The molecule has 0 amide bonds. The van der Waals surface area contributed by atoms with Gasteiger partial charge in [-0.1, -0.05) is 0 Å².